The van der Waals surface area contributed by atoms with Gasteiger partial charge >= 0.3 is 35.5 Å². The van der Waals surface area contributed by atoms with E-state index in [0.29, 0.717) is 5.56 Å². The number of benzene rings is 1. The summed E-state index contributed by atoms with van der Waals surface area (Å²) in [6, 6.07) is 7.36. The molecule has 0 aromatic heterocycles. The first kappa shape index (κ1) is 14.2. The van der Waals surface area contributed by atoms with E-state index in [1.54, 1.807) is 30.3 Å². The van der Waals surface area contributed by atoms with Crippen molar-refractivity contribution >= 4 is 11.9 Å². The van der Waals surface area contributed by atoms with E-state index in [2.05, 4.69) is 4.99 Å². The maximum absolute atomic E-state index is 10.8. The second-order valence-corrected chi connectivity index (χ2v) is 2.80. The number of hydrogen-bond donors (Lipinski definition) is 1. The average Bonchev–Trinajstić information content (AvgIpc) is 2.15. The van der Waals surface area contributed by atoms with Gasteiger partial charge in [-0.3, -0.25) is 4.99 Å². The van der Waals surface area contributed by atoms with Crippen molar-refractivity contribution in [3.05, 3.63) is 35.9 Å². The van der Waals surface area contributed by atoms with Crippen molar-refractivity contribution in [3.63, 3.8) is 0 Å². The average molecular weight is 215 g/mol. The molecule has 0 unspecified atom stereocenters. The predicted molar refractivity (Wildman–Crippen MR) is 49.9 cm³/mol. The monoisotopic (exact) mass is 215 g/mol. The summed E-state index contributed by atoms with van der Waals surface area (Å²) in [7, 11) is 0. The van der Waals surface area contributed by atoms with E-state index in [0.717, 1.165) is 0 Å². The summed E-state index contributed by atoms with van der Waals surface area (Å²) in [6.45, 7) is 1.23. The van der Waals surface area contributed by atoms with Crippen LogP contribution in [0.1, 0.15) is 18.5 Å². The summed E-state index contributed by atoms with van der Waals surface area (Å²) in [6.07, 6.45) is 0. The van der Waals surface area contributed by atoms with Gasteiger partial charge < -0.3 is 10.2 Å². The van der Waals surface area contributed by atoms with Gasteiger partial charge in [0.25, 0.3) is 0 Å². The summed E-state index contributed by atoms with van der Waals surface area (Å²) < 4.78 is 0. The van der Waals surface area contributed by atoms with Gasteiger partial charge in [0.2, 0.25) is 0 Å². The van der Waals surface area contributed by atoms with Crippen LogP contribution in [-0.2, 0) is 4.79 Å². The van der Waals surface area contributed by atoms with E-state index in [9.17, 15) is 9.90 Å². The molecule has 0 saturated carbocycles. The van der Waals surface area contributed by atoms with Gasteiger partial charge in [-0.05, 0) is 18.4 Å². The molecular formula is C10H10NNaO3. The van der Waals surface area contributed by atoms with Crippen LogP contribution < -0.4 is 34.7 Å². The van der Waals surface area contributed by atoms with Crippen LogP contribution in [0.4, 0.5) is 0 Å². The molecule has 15 heavy (non-hydrogen) atoms. The Kier molecular flexibility index (Phi) is 6.24. The van der Waals surface area contributed by atoms with Crippen LogP contribution in [0.15, 0.2) is 35.3 Å². The largest absolute Gasteiger partial charge is 1.00 e. The van der Waals surface area contributed by atoms with Gasteiger partial charge in [0.15, 0.2) is 6.04 Å². The van der Waals surface area contributed by atoms with Gasteiger partial charge in [0.05, 0.1) is 0 Å². The van der Waals surface area contributed by atoms with Gasteiger partial charge in [0.1, 0.15) is 0 Å². The first-order chi connectivity index (χ1) is 6.61. The van der Waals surface area contributed by atoms with Crippen LogP contribution in [0.2, 0.25) is 0 Å². The summed E-state index contributed by atoms with van der Waals surface area (Å²) in [5, 5.41) is 19.5. The number of nitrogens with zero attached hydrogens (tertiary/aromatic N) is 1. The van der Waals surface area contributed by atoms with Crippen LogP contribution in [-0.4, -0.2) is 17.0 Å². The van der Waals surface area contributed by atoms with E-state index in [4.69, 9.17) is 5.11 Å². The smallest absolute Gasteiger partial charge is 0.862 e. The Morgan fingerprint density at radius 1 is 1.40 bits per heavy atom. The van der Waals surface area contributed by atoms with Crippen molar-refractivity contribution in [1.29, 1.82) is 0 Å². The van der Waals surface area contributed by atoms with Gasteiger partial charge in [-0.15, -0.1) is 0 Å². The molecule has 0 saturated heterocycles. The maximum atomic E-state index is 10.8. The third-order valence-corrected chi connectivity index (χ3v) is 1.66. The van der Waals surface area contributed by atoms with E-state index in [1.807, 2.05) is 0 Å². The topological polar surface area (TPSA) is 72.7 Å². The van der Waals surface area contributed by atoms with Gasteiger partial charge in [-0.2, -0.15) is 0 Å². The fourth-order valence-electron chi connectivity index (χ4n) is 1.09. The molecule has 0 aliphatic heterocycles. The Morgan fingerprint density at radius 3 is 2.33 bits per heavy atom. The minimum Gasteiger partial charge on any atom is -0.862 e. The van der Waals surface area contributed by atoms with E-state index in [-0.39, 0.29) is 29.6 Å². The molecule has 0 bridgehead atoms. The summed E-state index contributed by atoms with van der Waals surface area (Å²) in [5.41, 5.74) is 0.509. The molecule has 1 aromatic carbocycles. The van der Waals surface area contributed by atoms with Crippen molar-refractivity contribution in [1.82, 2.24) is 0 Å². The zero-order chi connectivity index (χ0) is 10.6. The first-order valence-electron chi connectivity index (χ1n) is 4.10. The van der Waals surface area contributed by atoms with Crippen LogP contribution in [0, 0.1) is 0 Å². The fourth-order valence-corrected chi connectivity index (χ4v) is 1.09. The molecule has 74 valence electrons. The Hall–Kier alpha value is -0.840. The first-order valence-corrected chi connectivity index (χ1v) is 4.10. The normalized spacial score (nSPS) is 12.7. The van der Waals surface area contributed by atoms with E-state index in [1.165, 1.54) is 6.92 Å². The molecule has 1 atom stereocenters. The molecule has 0 aliphatic carbocycles. The van der Waals surface area contributed by atoms with Gasteiger partial charge in [-0.1, -0.05) is 30.3 Å². The SMILES string of the molecule is CC([O-])=N[C@H](C(=O)O)c1ccccc1.[Na+]. The van der Waals surface area contributed by atoms with Crippen LogP contribution >= 0.6 is 0 Å². The Labute approximate surface area is 110 Å². The van der Waals surface area contributed by atoms with Crippen molar-refractivity contribution in [2.75, 3.05) is 0 Å². The van der Waals surface area contributed by atoms with E-state index >= 15 is 0 Å². The van der Waals surface area contributed by atoms with Crippen molar-refractivity contribution in [3.8, 4) is 0 Å². The van der Waals surface area contributed by atoms with Gasteiger partial charge in [-0.25, -0.2) is 4.79 Å². The van der Waals surface area contributed by atoms with Crippen LogP contribution in [0.5, 0.6) is 0 Å². The van der Waals surface area contributed by atoms with Gasteiger partial charge in [0, 0.05) is 0 Å². The molecule has 5 heteroatoms. The molecule has 0 fully saturated rings. The molecule has 0 heterocycles. The predicted octanol–water partition coefficient (Wildman–Crippen LogP) is -2.40. The molecule has 1 rings (SSSR count). The molecule has 0 spiro atoms. The number of carbonyl (C=O) groups is 1. The Balaban J connectivity index is 0.00000196. The van der Waals surface area contributed by atoms with Crippen LogP contribution in [0.25, 0.3) is 0 Å². The van der Waals surface area contributed by atoms with Crippen molar-refractivity contribution in [2.24, 2.45) is 4.99 Å². The molecular weight excluding hydrogens is 205 g/mol. The molecule has 0 aliphatic rings. The standard InChI is InChI=1S/C10H11NO3.Na/c1-7(12)11-9(10(13)14)8-5-3-2-4-6-8;/h2-6,9H,1H3,(H,11,12)(H,13,14);/q;+1/p-1/t9-;/m0./s1. The van der Waals surface area contributed by atoms with Crippen molar-refractivity contribution in [2.45, 2.75) is 13.0 Å². The summed E-state index contributed by atoms with van der Waals surface area (Å²) >= 11 is 0. The zero-order valence-electron chi connectivity index (χ0n) is 8.68. The number of aliphatic carboxylic acids is 1. The zero-order valence-corrected chi connectivity index (χ0v) is 10.7. The van der Waals surface area contributed by atoms with Crippen molar-refractivity contribution < 1.29 is 44.6 Å². The number of rotatable bonds is 3. The number of carboxylic acid groups (broad SMARTS) is 1. The minimum atomic E-state index is -1.12. The Morgan fingerprint density at radius 2 is 1.93 bits per heavy atom. The fraction of sp³-hybridized carbons (Fsp3) is 0.200. The molecule has 4 nitrogen and oxygen atoms in total. The van der Waals surface area contributed by atoms with E-state index < -0.39 is 17.9 Å². The summed E-state index contributed by atoms with van der Waals surface area (Å²) in [5.74, 6) is -1.60. The Bertz CT molecular complexity index is 347. The minimum absolute atomic E-state index is 0. The second-order valence-electron chi connectivity index (χ2n) is 2.80. The molecule has 0 radical (unpaired) electrons. The molecule has 1 aromatic rings. The summed E-state index contributed by atoms with van der Waals surface area (Å²) in [4.78, 5) is 14.3. The molecule has 1 N–H and O–H groups in total. The maximum Gasteiger partial charge on any atom is 1.00 e. The second kappa shape index (κ2) is 6.61. The third kappa shape index (κ3) is 4.46. The number of carboxylic acids is 1. The number of hydrogen-bond acceptors (Lipinski definition) is 3. The number of aliphatic imine (C=N–C) groups is 1. The quantitative estimate of drug-likeness (QED) is 0.347. The van der Waals surface area contributed by atoms with Crippen LogP contribution in [0.3, 0.4) is 0 Å². The third-order valence-electron chi connectivity index (χ3n) is 1.66. The molecule has 0 amide bonds.